The first-order valence-electron chi connectivity index (χ1n) is 8.76. The Kier molecular flexibility index (Phi) is 7.33. The van der Waals surface area contributed by atoms with Crippen molar-refractivity contribution in [2.45, 2.75) is 63.5 Å². The SMILES string of the molecule is CN=C(NCCCCCCNC(=NC)NC1CC1)NC1CC1. The molecule has 0 saturated heterocycles. The Labute approximate surface area is 134 Å². The Morgan fingerprint density at radius 2 is 1.14 bits per heavy atom. The summed E-state index contributed by atoms with van der Waals surface area (Å²) in [6.07, 6.45) is 10.0. The average molecular weight is 308 g/mol. The molecule has 0 bridgehead atoms. The summed E-state index contributed by atoms with van der Waals surface area (Å²) >= 11 is 0. The summed E-state index contributed by atoms with van der Waals surface area (Å²) in [6.45, 7) is 2.01. The molecule has 2 aliphatic carbocycles. The molecule has 2 aliphatic rings. The molecule has 0 spiro atoms. The zero-order chi connectivity index (χ0) is 15.6. The van der Waals surface area contributed by atoms with Gasteiger partial charge in [0, 0.05) is 39.3 Å². The van der Waals surface area contributed by atoms with Gasteiger partial charge in [-0.25, -0.2) is 0 Å². The Morgan fingerprint density at radius 1 is 0.727 bits per heavy atom. The van der Waals surface area contributed by atoms with Crippen molar-refractivity contribution in [1.29, 1.82) is 0 Å². The second kappa shape index (κ2) is 9.54. The number of rotatable bonds is 9. The zero-order valence-electron chi connectivity index (χ0n) is 14.1. The highest BCUT2D eigenvalue weighted by atomic mass is 15.2. The van der Waals surface area contributed by atoms with Crippen molar-refractivity contribution in [3.63, 3.8) is 0 Å². The lowest BCUT2D eigenvalue weighted by molar-refractivity contribution is 0.615. The monoisotopic (exact) mass is 308 g/mol. The van der Waals surface area contributed by atoms with Crippen molar-refractivity contribution in [1.82, 2.24) is 21.3 Å². The molecule has 126 valence electrons. The van der Waals surface area contributed by atoms with Crippen LogP contribution in [0.3, 0.4) is 0 Å². The summed E-state index contributed by atoms with van der Waals surface area (Å²) in [4.78, 5) is 8.47. The van der Waals surface area contributed by atoms with Crippen LogP contribution in [0.1, 0.15) is 51.4 Å². The van der Waals surface area contributed by atoms with Crippen LogP contribution in [0.2, 0.25) is 0 Å². The van der Waals surface area contributed by atoms with Crippen LogP contribution in [0.4, 0.5) is 0 Å². The maximum absolute atomic E-state index is 4.24. The lowest BCUT2D eigenvalue weighted by atomic mass is 10.2. The van der Waals surface area contributed by atoms with E-state index < -0.39 is 0 Å². The van der Waals surface area contributed by atoms with Gasteiger partial charge in [0.05, 0.1) is 0 Å². The zero-order valence-corrected chi connectivity index (χ0v) is 14.1. The maximum atomic E-state index is 4.24. The molecule has 22 heavy (non-hydrogen) atoms. The Bertz CT molecular complexity index is 335. The van der Waals surface area contributed by atoms with Crippen molar-refractivity contribution >= 4 is 11.9 Å². The molecule has 2 saturated carbocycles. The van der Waals surface area contributed by atoms with Gasteiger partial charge in [0.1, 0.15) is 0 Å². The summed E-state index contributed by atoms with van der Waals surface area (Å²) in [7, 11) is 3.68. The molecule has 2 fully saturated rings. The standard InChI is InChI=1S/C16H32N6/c1-17-15(21-13-7-8-13)19-11-5-3-4-6-12-20-16(18-2)22-14-9-10-14/h13-14H,3-12H2,1-2H3,(H2,17,19,21)(H2,18,20,22). The van der Waals surface area contributed by atoms with E-state index in [1.807, 2.05) is 14.1 Å². The third-order valence-electron chi connectivity index (χ3n) is 3.97. The number of hydrogen-bond donors (Lipinski definition) is 4. The highest BCUT2D eigenvalue weighted by Gasteiger charge is 2.22. The van der Waals surface area contributed by atoms with E-state index in [0.29, 0.717) is 12.1 Å². The summed E-state index contributed by atoms with van der Waals surface area (Å²) in [5, 5.41) is 13.6. The first-order valence-corrected chi connectivity index (χ1v) is 8.76. The van der Waals surface area contributed by atoms with E-state index in [-0.39, 0.29) is 0 Å². The molecule has 0 aliphatic heterocycles. The van der Waals surface area contributed by atoms with E-state index in [0.717, 1.165) is 25.0 Å². The third-order valence-corrected chi connectivity index (χ3v) is 3.97. The summed E-state index contributed by atoms with van der Waals surface area (Å²) in [5.41, 5.74) is 0. The van der Waals surface area contributed by atoms with Gasteiger partial charge in [-0.3, -0.25) is 9.98 Å². The molecule has 0 aromatic carbocycles. The van der Waals surface area contributed by atoms with Crippen LogP contribution in [0.15, 0.2) is 9.98 Å². The van der Waals surface area contributed by atoms with E-state index >= 15 is 0 Å². The van der Waals surface area contributed by atoms with Crippen LogP contribution in [0.25, 0.3) is 0 Å². The summed E-state index contributed by atoms with van der Waals surface area (Å²) in [5.74, 6) is 1.92. The van der Waals surface area contributed by atoms with Gasteiger partial charge < -0.3 is 21.3 Å². The number of unbranched alkanes of at least 4 members (excludes halogenated alkanes) is 3. The van der Waals surface area contributed by atoms with Crippen LogP contribution in [-0.4, -0.2) is 51.2 Å². The predicted octanol–water partition coefficient (Wildman–Crippen LogP) is 1.20. The second-order valence-corrected chi connectivity index (χ2v) is 6.25. The van der Waals surface area contributed by atoms with Crippen LogP contribution in [0, 0.1) is 0 Å². The third kappa shape index (κ3) is 7.52. The largest absolute Gasteiger partial charge is 0.356 e. The lowest BCUT2D eigenvalue weighted by Gasteiger charge is -2.12. The normalized spacial score (nSPS) is 19.0. The van der Waals surface area contributed by atoms with Gasteiger partial charge in [-0.2, -0.15) is 0 Å². The fourth-order valence-corrected chi connectivity index (χ4v) is 2.25. The van der Waals surface area contributed by atoms with Crippen molar-refractivity contribution in [2.24, 2.45) is 9.98 Å². The first kappa shape index (κ1) is 16.9. The highest BCUT2D eigenvalue weighted by Crippen LogP contribution is 2.18. The number of nitrogens with zero attached hydrogens (tertiary/aromatic N) is 2. The molecular formula is C16H32N6. The van der Waals surface area contributed by atoms with Gasteiger partial charge >= 0.3 is 0 Å². The Morgan fingerprint density at radius 3 is 1.45 bits per heavy atom. The van der Waals surface area contributed by atoms with E-state index in [1.54, 1.807) is 0 Å². The van der Waals surface area contributed by atoms with Crippen molar-refractivity contribution < 1.29 is 0 Å². The topological polar surface area (TPSA) is 72.8 Å². The van der Waals surface area contributed by atoms with Gasteiger partial charge in [0.25, 0.3) is 0 Å². The van der Waals surface area contributed by atoms with Crippen LogP contribution in [-0.2, 0) is 0 Å². The maximum Gasteiger partial charge on any atom is 0.191 e. The Hall–Kier alpha value is -1.46. The minimum Gasteiger partial charge on any atom is -0.356 e. The molecule has 0 unspecified atom stereocenters. The molecule has 0 aromatic heterocycles. The van der Waals surface area contributed by atoms with Crippen LogP contribution < -0.4 is 21.3 Å². The minimum absolute atomic E-state index is 0.663. The molecule has 4 N–H and O–H groups in total. The fraction of sp³-hybridized carbons (Fsp3) is 0.875. The van der Waals surface area contributed by atoms with Gasteiger partial charge in [-0.1, -0.05) is 12.8 Å². The molecule has 2 rings (SSSR count). The fourth-order valence-electron chi connectivity index (χ4n) is 2.25. The quantitative estimate of drug-likeness (QED) is 0.293. The van der Waals surface area contributed by atoms with Crippen molar-refractivity contribution in [2.75, 3.05) is 27.2 Å². The van der Waals surface area contributed by atoms with Crippen molar-refractivity contribution in [3.8, 4) is 0 Å². The number of guanidine groups is 2. The van der Waals surface area contributed by atoms with Gasteiger partial charge in [-0.15, -0.1) is 0 Å². The first-order chi connectivity index (χ1) is 10.8. The number of nitrogens with one attached hydrogen (secondary N) is 4. The van der Waals surface area contributed by atoms with E-state index in [4.69, 9.17) is 0 Å². The molecule has 0 aromatic rings. The molecule has 6 heteroatoms. The number of hydrogen-bond acceptors (Lipinski definition) is 2. The van der Waals surface area contributed by atoms with Gasteiger partial charge in [0.15, 0.2) is 11.9 Å². The van der Waals surface area contributed by atoms with Crippen LogP contribution >= 0.6 is 0 Å². The molecular weight excluding hydrogens is 276 g/mol. The minimum atomic E-state index is 0.663. The average Bonchev–Trinajstić information content (AvgIpc) is 3.43. The highest BCUT2D eigenvalue weighted by molar-refractivity contribution is 5.80. The molecule has 0 amide bonds. The Balaban J connectivity index is 1.38. The predicted molar refractivity (Wildman–Crippen MR) is 93.5 cm³/mol. The van der Waals surface area contributed by atoms with Gasteiger partial charge in [0.2, 0.25) is 0 Å². The van der Waals surface area contributed by atoms with Crippen molar-refractivity contribution in [3.05, 3.63) is 0 Å². The smallest absolute Gasteiger partial charge is 0.191 e. The van der Waals surface area contributed by atoms with Crippen LogP contribution in [0.5, 0.6) is 0 Å². The molecule has 0 radical (unpaired) electrons. The number of aliphatic imine (C=N–C) groups is 2. The van der Waals surface area contributed by atoms with E-state index in [2.05, 4.69) is 31.3 Å². The summed E-state index contributed by atoms with van der Waals surface area (Å²) in [6, 6.07) is 1.33. The lowest BCUT2D eigenvalue weighted by Crippen LogP contribution is -2.39. The van der Waals surface area contributed by atoms with E-state index in [1.165, 1.54) is 51.4 Å². The second-order valence-electron chi connectivity index (χ2n) is 6.25. The van der Waals surface area contributed by atoms with E-state index in [9.17, 15) is 0 Å². The molecule has 0 heterocycles. The molecule has 0 atom stereocenters. The molecule has 6 nitrogen and oxygen atoms in total. The summed E-state index contributed by atoms with van der Waals surface area (Å²) < 4.78 is 0. The van der Waals surface area contributed by atoms with Gasteiger partial charge in [-0.05, 0) is 38.5 Å².